The largest absolute Gasteiger partial charge is 0.467 e. The third-order valence-electron chi connectivity index (χ3n) is 4.77. The van der Waals surface area contributed by atoms with Gasteiger partial charge in [-0.05, 0) is 37.8 Å². The molecule has 0 spiro atoms. The van der Waals surface area contributed by atoms with E-state index in [4.69, 9.17) is 9.15 Å². The molecule has 0 aromatic carbocycles. The van der Waals surface area contributed by atoms with E-state index in [1.165, 1.54) is 6.26 Å². The second kappa shape index (κ2) is 6.98. The van der Waals surface area contributed by atoms with Gasteiger partial charge in [0.15, 0.2) is 6.61 Å². The van der Waals surface area contributed by atoms with Crippen LogP contribution >= 0.6 is 0 Å². The molecule has 1 heterocycles. The number of nitrogens with one attached hydrogen (secondary N) is 1. The number of Topliss-reactive ketones (excluding diaryl/α,β-unsaturated/α-hetero) is 1. The summed E-state index contributed by atoms with van der Waals surface area (Å²) in [5.41, 5.74) is 0. The van der Waals surface area contributed by atoms with Crippen LogP contribution in [0, 0.1) is 17.8 Å². The van der Waals surface area contributed by atoms with Gasteiger partial charge in [0.1, 0.15) is 11.5 Å². The summed E-state index contributed by atoms with van der Waals surface area (Å²) in [4.78, 5) is 35.8. The van der Waals surface area contributed by atoms with Crippen LogP contribution in [0.2, 0.25) is 0 Å². The number of rotatable bonds is 5. The van der Waals surface area contributed by atoms with Crippen molar-refractivity contribution in [1.29, 1.82) is 0 Å². The molecule has 0 saturated heterocycles. The Morgan fingerprint density at radius 2 is 2.00 bits per heavy atom. The molecule has 124 valence electrons. The van der Waals surface area contributed by atoms with E-state index in [1.807, 2.05) is 0 Å². The number of carbonyl (C=O) groups excluding carboxylic acids is 3. The Bertz CT molecular complexity index is 564. The van der Waals surface area contributed by atoms with Crippen molar-refractivity contribution >= 4 is 17.7 Å². The number of hydrogen-bond acceptors (Lipinski definition) is 5. The van der Waals surface area contributed by atoms with Crippen molar-refractivity contribution in [3.63, 3.8) is 0 Å². The number of ketones is 1. The highest BCUT2D eigenvalue weighted by molar-refractivity contribution is 5.87. The Morgan fingerprint density at radius 3 is 2.65 bits per heavy atom. The van der Waals surface area contributed by atoms with Crippen LogP contribution in [-0.4, -0.2) is 24.3 Å². The van der Waals surface area contributed by atoms with Crippen LogP contribution in [0.15, 0.2) is 22.8 Å². The van der Waals surface area contributed by atoms with E-state index >= 15 is 0 Å². The topological polar surface area (TPSA) is 85.6 Å². The van der Waals surface area contributed by atoms with Gasteiger partial charge in [-0.1, -0.05) is 6.42 Å². The fraction of sp³-hybridized carbons (Fsp3) is 0.588. The third kappa shape index (κ3) is 3.81. The molecule has 2 bridgehead atoms. The molecule has 6 heteroatoms. The number of furan rings is 1. The highest BCUT2D eigenvalue weighted by Crippen LogP contribution is 2.40. The lowest BCUT2D eigenvalue weighted by atomic mass is 9.67. The first-order valence-electron chi connectivity index (χ1n) is 8.13. The van der Waals surface area contributed by atoms with Crippen LogP contribution in [-0.2, 0) is 25.7 Å². The van der Waals surface area contributed by atoms with E-state index in [-0.39, 0.29) is 42.8 Å². The first-order valence-corrected chi connectivity index (χ1v) is 8.13. The summed E-state index contributed by atoms with van der Waals surface area (Å²) in [5, 5.41) is 2.63. The van der Waals surface area contributed by atoms with Gasteiger partial charge in [0.2, 0.25) is 0 Å². The second-order valence-corrected chi connectivity index (χ2v) is 6.36. The molecular weight excluding hydrogens is 298 g/mol. The first-order chi connectivity index (χ1) is 11.1. The number of amides is 1. The van der Waals surface area contributed by atoms with E-state index in [1.54, 1.807) is 12.1 Å². The highest BCUT2D eigenvalue weighted by Gasteiger charge is 2.41. The minimum absolute atomic E-state index is 0.00725. The molecule has 6 nitrogen and oxygen atoms in total. The minimum Gasteiger partial charge on any atom is -0.467 e. The van der Waals surface area contributed by atoms with Crippen molar-refractivity contribution in [3.05, 3.63) is 24.2 Å². The lowest BCUT2D eigenvalue weighted by molar-refractivity contribution is -0.156. The van der Waals surface area contributed by atoms with Crippen molar-refractivity contribution in [2.24, 2.45) is 17.8 Å². The molecule has 1 aromatic heterocycles. The van der Waals surface area contributed by atoms with Gasteiger partial charge in [0, 0.05) is 11.8 Å². The molecule has 0 radical (unpaired) electrons. The molecule has 2 aliphatic carbocycles. The normalized spacial score (nSPS) is 26.6. The molecular formula is C17H21NO5. The monoisotopic (exact) mass is 319 g/mol. The van der Waals surface area contributed by atoms with Gasteiger partial charge < -0.3 is 14.5 Å². The van der Waals surface area contributed by atoms with Crippen LogP contribution in [0.1, 0.15) is 37.9 Å². The Balaban J connectivity index is 1.42. The molecule has 0 aliphatic heterocycles. The van der Waals surface area contributed by atoms with Gasteiger partial charge in [0.25, 0.3) is 5.91 Å². The van der Waals surface area contributed by atoms with Gasteiger partial charge in [-0.2, -0.15) is 0 Å². The average Bonchev–Trinajstić information content (AvgIpc) is 3.03. The molecule has 23 heavy (non-hydrogen) atoms. The second-order valence-electron chi connectivity index (χ2n) is 6.36. The lowest BCUT2D eigenvalue weighted by Gasteiger charge is -2.36. The molecule has 1 amide bonds. The van der Waals surface area contributed by atoms with E-state index < -0.39 is 0 Å². The van der Waals surface area contributed by atoms with E-state index in [0.29, 0.717) is 24.4 Å². The van der Waals surface area contributed by atoms with Crippen molar-refractivity contribution in [3.8, 4) is 0 Å². The maximum atomic E-state index is 12.1. The Labute approximate surface area is 134 Å². The third-order valence-corrected chi connectivity index (χ3v) is 4.77. The number of ether oxygens (including phenoxy) is 1. The van der Waals surface area contributed by atoms with Crippen LogP contribution < -0.4 is 5.32 Å². The van der Waals surface area contributed by atoms with E-state index in [2.05, 4.69) is 5.32 Å². The fourth-order valence-electron chi connectivity index (χ4n) is 3.58. The zero-order chi connectivity index (χ0) is 16.2. The Hall–Kier alpha value is -2.11. The summed E-state index contributed by atoms with van der Waals surface area (Å²) in [6, 6.07) is 3.49. The maximum Gasteiger partial charge on any atom is 0.309 e. The SMILES string of the molecule is O=C(COC(=O)C1C[C@H]2CCC[C@H](C1)C2=O)NCc1ccco1. The standard InChI is InChI=1S/C17H21NO5/c19-15(18-9-14-5-2-6-22-14)10-23-17(21)13-7-11-3-1-4-12(8-13)16(11)20/h2,5-6,11-13H,1,3-4,7-10H2,(H,18,19)/t11-,12-/m1/s1. The van der Waals surface area contributed by atoms with E-state index in [9.17, 15) is 14.4 Å². The molecule has 3 rings (SSSR count). The molecule has 2 aliphatic rings. The average molecular weight is 319 g/mol. The van der Waals surface area contributed by atoms with Crippen molar-refractivity contribution in [1.82, 2.24) is 5.32 Å². The van der Waals surface area contributed by atoms with Crippen LogP contribution in [0.4, 0.5) is 0 Å². The fourth-order valence-corrected chi connectivity index (χ4v) is 3.58. The summed E-state index contributed by atoms with van der Waals surface area (Å²) in [5.74, 6) is 0.00527. The van der Waals surface area contributed by atoms with Gasteiger partial charge in [0.05, 0.1) is 18.7 Å². The zero-order valence-corrected chi connectivity index (χ0v) is 13.0. The van der Waals surface area contributed by atoms with Gasteiger partial charge in [-0.25, -0.2) is 0 Å². The molecule has 2 atom stereocenters. The lowest BCUT2D eigenvalue weighted by Crippen LogP contribution is -2.40. The highest BCUT2D eigenvalue weighted by atomic mass is 16.5. The molecule has 1 N–H and O–H groups in total. The number of carbonyl (C=O) groups is 3. The summed E-state index contributed by atoms with van der Waals surface area (Å²) in [6.07, 6.45) is 5.50. The van der Waals surface area contributed by atoms with Crippen LogP contribution in [0.3, 0.4) is 0 Å². The molecule has 1 aromatic rings. The predicted molar refractivity (Wildman–Crippen MR) is 80.1 cm³/mol. The quantitative estimate of drug-likeness (QED) is 0.837. The smallest absolute Gasteiger partial charge is 0.309 e. The summed E-state index contributed by atoms with van der Waals surface area (Å²) < 4.78 is 10.2. The summed E-state index contributed by atoms with van der Waals surface area (Å²) in [7, 11) is 0. The molecule has 2 fully saturated rings. The zero-order valence-electron chi connectivity index (χ0n) is 13.0. The Kier molecular flexibility index (Phi) is 4.79. The minimum atomic E-state index is -0.359. The van der Waals surface area contributed by atoms with Gasteiger partial charge in [-0.3, -0.25) is 14.4 Å². The number of hydrogen-bond donors (Lipinski definition) is 1. The molecule has 0 unspecified atom stereocenters. The Morgan fingerprint density at radius 1 is 1.26 bits per heavy atom. The van der Waals surface area contributed by atoms with E-state index in [0.717, 1.165) is 19.3 Å². The van der Waals surface area contributed by atoms with Crippen LogP contribution in [0.5, 0.6) is 0 Å². The predicted octanol–water partition coefficient (Wildman–Crippen LogP) is 1.83. The summed E-state index contributed by atoms with van der Waals surface area (Å²) in [6.45, 7) is -0.0230. The van der Waals surface area contributed by atoms with Crippen molar-refractivity contribution in [2.45, 2.75) is 38.6 Å². The number of esters is 1. The van der Waals surface area contributed by atoms with Gasteiger partial charge in [-0.15, -0.1) is 0 Å². The van der Waals surface area contributed by atoms with Gasteiger partial charge >= 0.3 is 5.97 Å². The van der Waals surface area contributed by atoms with Crippen molar-refractivity contribution < 1.29 is 23.5 Å². The maximum absolute atomic E-state index is 12.1. The summed E-state index contributed by atoms with van der Waals surface area (Å²) >= 11 is 0. The van der Waals surface area contributed by atoms with Crippen LogP contribution in [0.25, 0.3) is 0 Å². The number of fused-ring (bicyclic) bond motifs is 2. The van der Waals surface area contributed by atoms with Crippen molar-refractivity contribution in [2.75, 3.05) is 6.61 Å². The first kappa shape index (κ1) is 15.8. The molecule has 2 saturated carbocycles.